The number of amidine groups is 1. The molecule has 0 saturated heterocycles. The largest absolute Gasteiger partial charge is 0.497 e. The van der Waals surface area contributed by atoms with Gasteiger partial charge in [-0.2, -0.15) is 0 Å². The average Bonchev–Trinajstić information content (AvgIpc) is 2.58. The van der Waals surface area contributed by atoms with Crippen molar-refractivity contribution in [2.24, 2.45) is 5.73 Å². The zero-order valence-corrected chi connectivity index (χ0v) is 12.2. The molecule has 2 aromatic rings. The number of carbonyl (C=O) groups excluding carboxylic acids is 1. The first-order chi connectivity index (χ1) is 10.7. The Bertz CT molecular complexity index is 677. The smallest absolute Gasteiger partial charge is 0.380 e. The van der Waals surface area contributed by atoms with Crippen LogP contribution in [0.1, 0.15) is 11.1 Å². The lowest BCUT2D eigenvalue weighted by molar-refractivity contribution is -0.722. The lowest BCUT2D eigenvalue weighted by atomic mass is 10.2. The molecule has 2 rings (SSSR count). The van der Waals surface area contributed by atoms with Gasteiger partial charge in [0.05, 0.1) is 12.7 Å². The molecule has 0 bridgehead atoms. The minimum Gasteiger partial charge on any atom is -0.497 e. The Morgan fingerprint density at radius 2 is 1.77 bits per heavy atom. The molecule has 0 atom stereocenters. The molecule has 0 aliphatic heterocycles. The van der Waals surface area contributed by atoms with Gasteiger partial charge in [-0.25, -0.2) is 4.79 Å². The highest BCUT2D eigenvalue weighted by atomic mass is 16.7. The normalized spacial score (nSPS) is 11.4. The third-order valence-electron chi connectivity index (χ3n) is 2.87. The zero-order chi connectivity index (χ0) is 15.8. The number of hydrogen-bond donors (Lipinski definition) is 2. The zero-order valence-electron chi connectivity index (χ0n) is 12.2. The van der Waals surface area contributed by atoms with E-state index in [1.54, 1.807) is 37.5 Å². The topological polar surface area (TPSA) is 75.5 Å². The van der Waals surface area contributed by atoms with Gasteiger partial charge in [-0.15, -0.1) is 0 Å². The molecule has 0 aromatic heterocycles. The Kier molecular flexibility index (Phi) is 5.31. The Labute approximate surface area is 128 Å². The fourth-order valence-electron chi connectivity index (χ4n) is 1.70. The number of hydrogen-bond acceptors (Lipinski definition) is 3. The Morgan fingerprint density at radius 3 is 2.41 bits per heavy atom. The lowest BCUT2D eigenvalue weighted by Crippen LogP contribution is -2.75. The predicted molar refractivity (Wildman–Crippen MR) is 83.8 cm³/mol. The molecule has 0 radical (unpaired) electrons. The highest BCUT2D eigenvalue weighted by molar-refractivity contribution is 5.93. The molecule has 0 saturated carbocycles. The summed E-state index contributed by atoms with van der Waals surface area (Å²) in [5, 5.41) is 2.43. The Balaban J connectivity index is 1.95. The quantitative estimate of drug-likeness (QED) is 0.279. The van der Waals surface area contributed by atoms with Crippen LogP contribution in [0.2, 0.25) is 0 Å². The average molecular weight is 297 g/mol. The van der Waals surface area contributed by atoms with Crippen LogP contribution < -0.4 is 15.6 Å². The maximum absolute atomic E-state index is 11.6. The van der Waals surface area contributed by atoms with Crippen LogP contribution in [0.15, 0.2) is 60.7 Å². The van der Waals surface area contributed by atoms with E-state index in [4.69, 9.17) is 15.3 Å². The van der Waals surface area contributed by atoms with E-state index < -0.39 is 5.97 Å². The van der Waals surface area contributed by atoms with Crippen LogP contribution in [0.3, 0.4) is 0 Å². The van der Waals surface area contributed by atoms with Crippen LogP contribution >= 0.6 is 0 Å². The summed E-state index contributed by atoms with van der Waals surface area (Å²) < 4.78 is 5.06. The van der Waals surface area contributed by atoms with Crippen molar-refractivity contribution in [1.82, 2.24) is 0 Å². The second kappa shape index (κ2) is 7.64. The summed E-state index contributed by atoms with van der Waals surface area (Å²) in [6.45, 7) is 0. The molecule has 0 spiro atoms. The van der Waals surface area contributed by atoms with Gasteiger partial charge in [0.15, 0.2) is 0 Å². The van der Waals surface area contributed by atoms with Crippen molar-refractivity contribution < 1.29 is 19.5 Å². The fourth-order valence-corrected chi connectivity index (χ4v) is 1.70. The van der Waals surface area contributed by atoms with Gasteiger partial charge in [-0.1, -0.05) is 35.5 Å². The van der Waals surface area contributed by atoms with Crippen molar-refractivity contribution in [1.29, 1.82) is 0 Å². The number of nitrogens with two attached hydrogens (primary N) is 1. The van der Waals surface area contributed by atoms with Crippen molar-refractivity contribution in [3.05, 3.63) is 71.8 Å². The van der Waals surface area contributed by atoms with Gasteiger partial charge >= 0.3 is 11.8 Å². The summed E-state index contributed by atoms with van der Waals surface area (Å²) in [7, 11) is 1.58. The maximum Gasteiger partial charge on any atom is 0.380 e. The predicted octanol–water partition coefficient (Wildman–Crippen LogP) is 0.653. The van der Waals surface area contributed by atoms with Gasteiger partial charge in [0.1, 0.15) is 5.75 Å². The molecule has 22 heavy (non-hydrogen) atoms. The number of methoxy groups -OCH3 is 1. The van der Waals surface area contributed by atoms with E-state index >= 15 is 0 Å². The Hall–Kier alpha value is -3.08. The number of nitrogens with one attached hydrogen (secondary N) is 1. The first-order valence-corrected chi connectivity index (χ1v) is 6.66. The van der Waals surface area contributed by atoms with Gasteiger partial charge in [0, 0.05) is 6.08 Å². The van der Waals surface area contributed by atoms with Crippen LogP contribution in [0.5, 0.6) is 5.75 Å². The summed E-state index contributed by atoms with van der Waals surface area (Å²) in [6.07, 6.45) is 2.98. The van der Waals surface area contributed by atoms with Gasteiger partial charge in [0.25, 0.3) is 0 Å². The third kappa shape index (κ3) is 4.49. The van der Waals surface area contributed by atoms with Crippen LogP contribution in [0.25, 0.3) is 6.08 Å². The summed E-state index contributed by atoms with van der Waals surface area (Å²) in [6, 6.07) is 16.5. The summed E-state index contributed by atoms with van der Waals surface area (Å²) >= 11 is 0. The molecule has 0 heterocycles. The number of ether oxygens (including phenoxy) is 1. The summed E-state index contributed by atoms with van der Waals surface area (Å²) in [4.78, 5) is 16.5. The van der Waals surface area contributed by atoms with E-state index in [1.165, 1.54) is 6.08 Å². The fraction of sp³-hybridized carbons (Fsp3) is 0.0588. The maximum atomic E-state index is 11.6. The molecule has 0 aliphatic carbocycles. The van der Waals surface area contributed by atoms with Crippen LogP contribution in [-0.2, 0) is 9.63 Å². The molecule has 0 fully saturated rings. The monoisotopic (exact) mass is 297 g/mol. The van der Waals surface area contributed by atoms with E-state index in [0.29, 0.717) is 5.56 Å². The molecule has 5 heteroatoms. The SMILES string of the molecule is COc1ccc(C(N)=[NH+]OC(=O)C=Cc2ccccc2)cc1. The van der Waals surface area contributed by atoms with E-state index in [0.717, 1.165) is 11.3 Å². The van der Waals surface area contributed by atoms with Crippen molar-refractivity contribution in [2.45, 2.75) is 0 Å². The first kappa shape index (κ1) is 15.3. The molecule has 3 N–H and O–H groups in total. The standard InChI is InChI=1S/C17H16N2O3/c1-21-15-10-8-14(9-11-15)17(18)19-22-16(20)12-7-13-5-3-2-4-6-13/h2-12H,1H3,(H2,18,19)/p+1. The highest BCUT2D eigenvalue weighted by Crippen LogP contribution is 2.09. The van der Waals surface area contributed by atoms with Crippen molar-refractivity contribution in [3.63, 3.8) is 0 Å². The number of nitrogen functional groups attached to an aromatic ring is 1. The number of benzene rings is 2. The third-order valence-corrected chi connectivity index (χ3v) is 2.87. The summed E-state index contributed by atoms with van der Waals surface area (Å²) in [5.41, 5.74) is 7.41. The Morgan fingerprint density at radius 1 is 1.09 bits per heavy atom. The van der Waals surface area contributed by atoms with Crippen LogP contribution in [0.4, 0.5) is 0 Å². The lowest BCUT2D eigenvalue weighted by Gasteiger charge is -1.99. The molecule has 112 valence electrons. The molecule has 0 unspecified atom stereocenters. The molecule has 0 amide bonds. The second-order valence-electron chi connectivity index (χ2n) is 4.41. The second-order valence-corrected chi connectivity index (χ2v) is 4.41. The highest BCUT2D eigenvalue weighted by Gasteiger charge is 2.06. The van der Waals surface area contributed by atoms with Crippen molar-refractivity contribution in [2.75, 3.05) is 7.11 Å². The summed E-state index contributed by atoms with van der Waals surface area (Å²) in [5.74, 6) is 0.420. The number of rotatable bonds is 5. The van der Waals surface area contributed by atoms with Crippen LogP contribution in [-0.4, -0.2) is 18.9 Å². The first-order valence-electron chi connectivity index (χ1n) is 6.66. The van der Waals surface area contributed by atoms with Crippen molar-refractivity contribution >= 4 is 17.9 Å². The molecule has 5 nitrogen and oxygen atoms in total. The molecular formula is C17H17N2O3+. The van der Waals surface area contributed by atoms with E-state index in [2.05, 4.69) is 5.16 Å². The molecule has 0 aliphatic rings. The molecular weight excluding hydrogens is 280 g/mol. The van der Waals surface area contributed by atoms with Gasteiger partial charge in [-0.3, -0.25) is 10.6 Å². The van der Waals surface area contributed by atoms with Gasteiger partial charge < -0.3 is 4.74 Å². The van der Waals surface area contributed by atoms with E-state index in [1.807, 2.05) is 30.3 Å². The van der Waals surface area contributed by atoms with Gasteiger partial charge in [-0.05, 0) is 35.9 Å². The minimum absolute atomic E-state index is 0.240. The van der Waals surface area contributed by atoms with Crippen LogP contribution in [0, 0.1) is 0 Å². The van der Waals surface area contributed by atoms with Gasteiger partial charge in [0.2, 0.25) is 0 Å². The molecule has 2 aromatic carbocycles. The van der Waals surface area contributed by atoms with E-state index in [-0.39, 0.29) is 5.84 Å². The van der Waals surface area contributed by atoms with E-state index in [9.17, 15) is 4.79 Å². The van der Waals surface area contributed by atoms with Crippen molar-refractivity contribution in [3.8, 4) is 5.75 Å². The number of carbonyl (C=O) groups is 1. The minimum atomic E-state index is -0.541.